The Morgan fingerprint density at radius 3 is 2.21 bits per heavy atom. The summed E-state index contributed by atoms with van der Waals surface area (Å²) in [4.78, 5) is 11.6. The van der Waals surface area contributed by atoms with Crippen LogP contribution in [0.4, 0.5) is 0 Å². The summed E-state index contributed by atoms with van der Waals surface area (Å²) in [5.74, 6) is -0.0755. The Hall–Kier alpha value is -0.0313. The van der Waals surface area contributed by atoms with Crippen molar-refractivity contribution in [2.75, 3.05) is 6.61 Å². The van der Waals surface area contributed by atoms with Gasteiger partial charge in [0.2, 0.25) is 0 Å². The third-order valence-electron chi connectivity index (χ3n) is 5.88. The summed E-state index contributed by atoms with van der Waals surface area (Å²) in [6.07, 6.45) is 18.8. The van der Waals surface area contributed by atoms with Crippen molar-refractivity contribution in [2.45, 2.75) is 127 Å². The Bertz CT molecular complexity index is 425. The van der Waals surface area contributed by atoms with E-state index >= 15 is 0 Å². The van der Waals surface area contributed by atoms with E-state index < -0.39 is 21.1 Å². The molecule has 0 aromatic carbocycles. The summed E-state index contributed by atoms with van der Waals surface area (Å²) in [5, 5.41) is 11.0. The first-order valence-corrected chi connectivity index (χ1v) is 14.7. The fourth-order valence-corrected chi connectivity index (χ4v) is 9.97. The fourth-order valence-electron chi connectivity index (χ4n) is 4.05. The molecule has 3 nitrogen and oxygen atoms in total. The Morgan fingerprint density at radius 2 is 1.64 bits per heavy atom. The second kappa shape index (κ2) is 15.8. The Morgan fingerprint density at radius 1 is 1.04 bits per heavy atom. The number of esters is 1. The van der Waals surface area contributed by atoms with E-state index in [4.69, 9.17) is 4.74 Å². The van der Waals surface area contributed by atoms with Crippen LogP contribution in [0.3, 0.4) is 0 Å². The van der Waals surface area contributed by atoms with Gasteiger partial charge >= 0.3 is 185 Å². The standard InChI is InChI=1S/C13H27.C11H17O3.Sn/c1-4-7-10-13(11-8-5-2)12-9-6-3;12-10-6-2-1-5-9-14-11(13)8-4-3-7-10;/h4-12H2,1-3H3;2,10,12H,1,3-5,7-9H2;. The zero-order valence-electron chi connectivity index (χ0n) is 18.7. The van der Waals surface area contributed by atoms with Gasteiger partial charge in [-0.25, -0.2) is 0 Å². The van der Waals surface area contributed by atoms with Crippen molar-refractivity contribution in [3.05, 3.63) is 9.67 Å². The number of carbonyl (C=O) groups is 1. The average Bonchev–Trinajstić information content (AvgIpc) is 2.69. The van der Waals surface area contributed by atoms with Crippen molar-refractivity contribution in [1.29, 1.82) is 0 Å². The molecule has 0 bridgehead atoms. The van der Waals surface area contributed by atoms with Crippen molar-refractivity contribution < 1.29 is 14.6 Å². The van der Waals surface area contributed by atoms with E-state index in [-0.39, 0.29) is 12.1 Å². The zero-order chi connectivity index (χ0) is 20.7. The number of hydrogen-bond donors (Lipinski definition) is 1. The molecule has 4 heteroatoms. The molecule has 0 saturated heterocycles. The average molecular weight is 499 g/mol. The molecule has 2 radical (unpaired) electrons. The topological polar surface area (TPSA) is 46.5 Å². The van der Waals surface area contributed by atoms with Gasteiger partial charge in [-0.05, 0) is 0 Å². The minimum atomic E-state index is -0.880. The normalized spacial score (nSPS) is 21.9. The second-order valence-electron chi connectivity index (χ2n) is 8.50. The van der Waals surface area contributed by atoms with E-state index in [1.165, 1.54) is 61.4 Å². The molecule has 0 saturated carbocycles. The molecular formula is C24H44O3Sn. The van der Waals surface area contributed by atoms with Crippen LogP contribution in [0.15, 0.2) is 9.67 Å². The molecular weight excluding hydrogens is 455 g/mol. The molecule has 1 heterocycles. The van der Waals surface area contributed by atoms with Crippen molar-refractivity contribution >= 4 is 27.1 Å². The van der Waals surface area contributed by atoms with Crippen molar-refractivity contribution in [3.63, 3.8) is 0 Å². The number of rotatable bonds is 11. The fraction of sp³-hybridized carbons (Fsp3) is 0.875. The molecule has 0 amide bonds. The summed E-state index contributed by atoms with van der Waals surface area (Å²) in [6, 6.07) is 0. The van der Waals surface area contributed by atoms with E-state index in [1.54, 1.807) is 0 Å². The third kappa shape index (κ3) is 10.7. The van der Waals surface area contributed by atoms with Crippen LogP contribution < -0.4 is 0 Å². The summed E-state index contributed by atoms with van der Waals surface area (Å²) < 4.78 is 7.27. The first-order valence-electron chi connectivity index (χ1n) is 11.9. The van der Waals surface area contributed by atoms with E-state index in [2.05, 4.69) is 26.8 Å². The quantitative estimate of drug-likeness (QED) is 0.259. The summed E-state index contributed by atoms with van der Waals surface area (Å²) in [5.41, 5.74) is 0. The van der Waals surface area contributed by atoms with Crippen molar-refractivity contribution in [2.24, 2.45) is 0 Å². The van der Waals surface area contributed by atoms with Gasteiger partial charge < -0.3 is 0 Å². The van der Waals surface area contributed by atoms with Crippen LogP contribution in [-0.2, 0) is 9.53 Å². The molecule has 1 unspecified atom stereocenters. The number of aliphatic hydroxyl groups excluding tert-OH is 1. The van der Waals surface area contributed by atoms with Crippen LogP contribution >= 0.6 is 0 Å². The molecule has 0 aromatic rings. The van der Waals surface area contributed by atoms with Crippen LogP contribution in [0.2, 0.25) is 3.43 Å². The number of carbonyl (C=O) groups excluding carboxylic acids is 1. The van der Waals surface area contributed by atoms with Gasteiger partial charge in [-0.2, -0.15) is 0 Å². The first-order chi connectivity index (χ1) is 13.6. The number of allylic oxidation sites excluding steroid dienone is 1. The van der Waals surface area contributed by atoms with Gasteiger partial charge in [0, 0.05) is 0 Å². The van der Waals surface area contributed by atoms with Crippen molar-refractivity contribution in [1.82, 2.24) is 0 Å². The van der Waals surface area contributed by atoms with Crippen LogP contribution in [0.1, 0.15) is 117 Å². The molecule has 0 aliphatic carbocycles. The molecule has 0 fully saturated rings. The van der Waals surface area contributed by atoms with Gasteiger partial charge in [-0.3, -0.25) is 0 Å². The van der Waals surface area contributed by atoms with E-state index in [0.717, 1.165) is 32.1 Å². The number of hydrogen-bond acceptors (Lipinski definition) is 3. The van der Waals surface area contributed by atoms with Gasteiger partial charge in [0.05, 0.1) is 0 Å². The molecule has 1 aliphatic rings. The van der Waals surface area contributed by atoms with E-state index in [1.807, 2.05) is 0 Å². The molecule has 0 aromatic heterocycles. The van der Waals surface area contributed by atoms with Gasteiger partial charge in [0.25, 0.3) is 0 Å². The maximum absolute atomic E-state index is 11.6. The van der Waals surface area contributed by atoms with Gasteiger partial charge in [-0.15, -0.1) is 0 Å². The van der Waals surface area contributed by atoms with E-state index in [0.29, 0.717) is 16.5 Å². The number of aliphatic hydroxyl groups is 1. The summed E-state index contributed by atoms with van der Waals surface area (Å²) in [7, 11) is 0. The zero-order valence-corrected chi connectivity index (χ0v) is 21.6. The molecule has 1 rings (SSSR count). The molecule has 1 aliphatic heterocycles. The predicted octanol–water partition coefficient (Wildman–Crippen LogP) is 6.56. The Labute approximate surface area is 184 Å². The molecule has 162 valence electrons. The van der Waals surface area contributed by atoms with Crippen LogP contribution in [-0.4, -0.2) is 44.9 Å². The van der Waals surface area contributed by atoms with Crippen LogP contribution in [0.25, 0.3) is 0 Å². The number of unbranched alkanes of at least 4 members (excludes halogenated alkanes) is 3. The van der Waals surface area contributed by atoms with Crippen LogP contribution in [0.5, 0.6) is 0 Å². The van der Waals surface area contributed by atoms with Gasteiger partial charge in [0.1, 0.15) is 0 Å². The third-order valence-corrected chi connectivity index (χ3v) is 11.9. The van der Waals surface area contributed by atoms with E-state index in [9.17, 15) is 9.90 Å². The van der Waals surface area contributed by atoms with Crippen molar-refractivity contribution in [3.8, 4) is 0 Å². The number of ether oxygens (including phenoxy) is 1. The monoisotopic (exact) mass is 500 g/mol. The molecule has 0 spiro atoms. The minimum absolute atomic E-state index is 0.0755. The first kappa shape index (κ1) is 26.0. The Balaban J connectivity index is 2.96. The molecule has 1 atom stereocenters. The van der Waals surface area contributed by atoms with Gasteiger partial charge in [-0.1, -0.05) is 0 Å². The summed E-state index contributed by atoms with van der Waals surface area (Å²) >= 11 is -0.880. The molecule has 28 heavy (non-hydrogen) atoms. The Kier molecular flexibility index (Phi) is 14.6. The maximum atomic E-state index is 11.6. The van der Waals surface area contributed by atoms with Gasteiger partial charge in [0.15, 0.2) is 0 Å². The SMILES string of the molecule is CCCC[C](CCCC)(CCCC)[Sn]/[C]1=C/CCCOC(=O)CCCCC1O. The molecule has 1 N–H and O–H groups in total. The number of cyclic esters (lactones) is 1. The predicted molar refractivity (Wildman–Crippen MR) is 120 cm³/mol. The summed E-state index contributed by atoms with van der Waals surface area (Å²) in [6.45, 7) is 7.44. The van der Waals surface area contributed by atoms with Crippen LogP contribution in [0, 0.1) is 0 Å². The second-order valence-corrected chi connectivity index (χ2v) is 13.9.